The minimum absolute atomic E-state index is 0.0286. The molecule has 0 aliphatic heterocycles. The average molecular weight is 266 g/mol. The lowest BCUT2D eigenvalue weighted by molar-refractivity contribution is 0.102. The number of carbonyl (C=O) groups excluding carboxylic acids is 1. The van der Waals surface area contributed by atoms with Crippen LogP contribution in [0.15, 0.2) is 18.2 Å². The maximum atomic E-state index is 12.0. The van der Waals surface area contributed by atoms with Crippen molar-refractivity contribution in [2.45, 2.75) is 19.3 Å². The first-order chi connectivity index (χ1) is 8.70. The molecule has 0 amide bonds. The van der Waals surface area contributed by atoms with Gasteiger partial charge in [-0.25, -0.2) is 0 Å². The lowest BCUT2D eigenvalue weighted by Gasteiger charge is -2.04. The highest BCUT2D eigenvalue weighted by molar-refractivity contribution is 7.85. The molecule has 4 heteroatoms. The lowest BCUT2D eigenvalue weighted by atomic mass is 10.0. The van der Waals surface area contributed by atoms with Crippen molar-refractivity contribution in [2.75, 3.05) is 25.2 Å². The molecular weight excluding hydrogens is 248 g/mol. The van der Waals surface area contributed by atoms with Crippen molar-refractivity contribution in [1.29, 1.82) is 0 Å². The number of rotatable bonds is 6. The van der Waals surface area contributed by atoms with Gasteiger partial charge in [0, 0.05) is 29.2 Å². The molecule has 0 heterocycles. The third-order valence-corrected chi connectivity index (χ3v) is 4.43. The van der Waals surface area contributed by atoms with Crippen LogP contribution in [-0.2, 0) is 28.4 Å². The molecule has 1 aromatic rings. The van der Waals surface area contributed by atoms with Crippen LogP contribution >= 0.6 is 0 Å². The molecule has 1 aromatic carbocycles. The number of methoxy groups -OCH3 is 1. The summed E-state index contributed by atoms with van der Waals surface area (Å²) < 4.78 is 16.5. The summed E-state index contributed by atoms with van der Waals surface area (Å²) in [6.07, 6.45) is 3.35. The van der Waals surface area contributed by atoms with E-state index in [2.05, 4.69) is 0 Å². The van der Waals surface area contributed by atoms with Crippen LogP contribution in [0.25, 0.3) is 0 Å². The summed E-state index contributed by atoms with van der Waals surface area (Å²) >= 11 is 0. The molecule has 1 aliphatic carbocycles. The zero-order valence-corrected chi connectivity index (χ0v) is 11.4. The van der Waals surface area contributed by atoms with E-state index in [1.165, 1.54) is 17.5 Å². The van der Waals surface area contributed by atoms with Crippen molar-refractivity contribution in [2.24, 2.45) is 0 Å². The summed E-state index contributed by atoms with van der Waals surface area (Å²) in [7, 11) is 0.446. The van der Waals surface area contributed by atoms with Crippen LogP contribution in [0.3, 0.4) is 0 Å². The Hall–Kier alpha value is -1.00. The Morgan fingerprint density at radius 1 is 1.33 bits per heavy atom. The minimum atomic E-state index is -1.12. The second-order valence-electron chi connectivity index (χ2n) is 4.54. The lowest BCUT2D eigenvalue weighted by Crippen LogP contribution is -2.15. The quantitative estimate of drug-likeness (QED) is 0.737. The number of carbonyl (C=O) groups is 1. The zero-order chi connectivity index (χ0) is 13.0. The molecule has 0 saturated carbocycles. The Morgan fingerprint density at radius 3 is 2.89 bits per heavy atom. The zero-order valence-electron chi connectivity index (χ0n) is 10.6. The second kappa shape index (κ2) is 6.25. The van der Waals surface area contributed by atoms with Gasteiger partial charge in [-0.3, -0.25) is 9.00 Å². The summed E-state index contributed by atoms with van der Waals surface area (Å²) in [5, 5.41) is 0. The van der Waals surface area contributed by atoms with Gasteiger partial charge in [-0.15, -0.1) is 0 Å². The van der Waals surface area contributed by atoms with Crippen molar-refractivity contribution in [3.05, 3.63) is 34.9 Å². The number of aryl methyl sites for hydroxylation is 2. The molecule has 1 aliphatic rings. The predicted molar refractivity (Wildman–Crippen MR) is 72.5 cm³/mol. The number of ether oxygens (including phenoxy) is 1. The molecule has 0 spiro atoms. The van der Waals surface area contributed by atoms with Crippen molar-refractivity contribution < 1.29 is 13.7 Å². The van der Waals surface area contributed by atoms with E-state index in [9.17, 15) is 9.00 Å². The Bertz CT molecular complexity index is 468. The molecule has 98 valence electrons. The van der Waals surface area contributed by atoms with Crippen LogP contribution in [-0.4, -0.2) is 35.2 Å². The van der Waals surface area contributed by atoms with Crippen LogP contribution in [0, 0.1) is 0 Å². The van der Waals surface area contributed by atoms with Gasteiger partial charge >= 0.3 is 0 Å². The minimum Gasteiger partial charge on any atom is -0.384 e. The Balaban J connectivity index is 1.99. The first-order valence-electron chi connectivity index (χ1n) is 6.19. The number of ketones is 1. The number of hydrogen-bond donors (Lipinski definition) is 0. The first-order valence-corrected chi connectivity index (χ1v) is 7.68. The van der Waals surface area contributed by atoms with Crippen molar-refractivity contribution >= 4 is 16.6 Å². The van der Waals surface area contributed by atoms with Crippen LogP contribution in [0.1, 0.15) is 27.9 Å². The van der Waals surface area contributed by atoms with Crippen LogP contribution < -0.4 is 0 Å². The molecule has 0 radical (unpaired) electrons. The number of fused-ring (bicyclic) bond motifs is 1. The first kappa shape index (κ1) is 13.4. The Kier molecular flexibility index (Phi) is 4.66. The fourth-order valence-corrected chi connectivity index (χ4v) is 3.18. The topological polar surface area (TPSA) is 43.4 Å². The van der Waals surface area contributed by atoms with Crippen molar-refractivity contribution in [3.63, 3.8) is 0 Å². The monoisotopic (exact) mass is 266 g/mol. The maximum Gasteiger partial charge on any atom is 0.175 e. The molecule has 2 rings (SSSR count). The van der Waals surface area contributed by atoms with Gasteiger partial charge in [-0.2, -0.15) is 0 Å². The molecule has 0 bridgehead atoms. The van der Waals surface area contributed by atoms with Gasteiger partial charge in [-0.1, -0.05) is 12.1 Å². The van der Waals surface area contributed by atoms with E-state index in [1.54, 1.807) is 7.11 Å². The third-order valence-electron chi connectivity index (χ3n) is 3.23. The fourth-order valence-electron chi connectivity index (χ4n) is 2.22. The largest absolute Gasteiger partial charge is 0.384 e. The van der Waals surface area contributed by atoms with E-state index in [-0.39, 0.29) is 11.5 Å². The molecule has 18 heavy (non-hydrogen) atoms. The molecule has 1 atom stereocenters. The number of Topliss-reactive ketones (excluding diaryl/α,β-unsaturated/α-hetero) is 1. The summed E-state index contributed by atoms with van der Waals surface area (Å²) in [5.41, 5.74) is 3.33. The van der Waals surface area contributed by atoms with E-state index in [4.69, 9.17) is 4.74 Å². The molecule has 0 N–H and O–H groups in total. The molecule has 0 aromatic heterocycles. The number of benzene rings is 1. The number of hydrogen-bond acceptors (Lipinski definition) is 3. The van der Waals surface area contributed by atoms with Crippen molar-refractivity contribution in [1.82, 2.24) is 0 Å². The summed E-state index contributed by atoms with van der Waals surface area (Å²) in [4.78, 5) is 12.0. The highest BCUT2D eigenvalue weighted by Crippen LogP contribution is 2.23. The average Bonchev–Trinajstić information content (AvgIpc) is 2.83. The van der Waals surface area contributed by atoms with Gasteiger partial charge < -0.3 is 4.74 Å². The van der Waals surface area contributed by atoms with Crippen LogP contribution in [0.5, 0.6) is 0 Å². The van der Waals surface area contributed by atoms with Crippen LogP contribution in [0.4, 0.5) is 0 Å². The van der Waals surface area contributed by atoms with Gasteiger partial charge in [0.05, 0.1) is 12.4 Å². The normalized spacial score (nSPS) is 15.4. The van der Waals surface area contributed by atoms with Gasteiger partial charge in [0.15, 0.2) is 5.78 Å². The van der Waals surface area contributed by atoms with Crippen LogP contribution in [0.2, 0.25) is 0 Å². The highest BCUT2D eigenvalue weighted by atomic mass is 32.2. The van der Waals surface area contributed by atoms with Gasteiger partial charge in [-0.05, 0) is 36.5 Å². The Morgan fingerprint density at radius 2 is 2.11 bits per heavy atom. The smallest absolute Gasteiger partial charge is 0.175 e. The molecule has 0 saturated heterocycles. The summed E-state index contributed by atoms with van der Waals surface area (Å²) in [5.74, 6) is 0.495. The standard InChI is InChI=1S/C14H18O3S/c1-17-7-8-18(16)10-14(15)13-6-5-11-3-2-4-12(11)9-13/h5-6,9H,2-4,7-8,10H2,1H3. The van der Waals surface area contributed by atoms with Gasteiger partial charge in [0.25, 0.3) is 0 Å². The third kappa shape index (κ3) is 3.27. The van der Waals surface area contributed by atoms with E-state index in [1.807, 2.05) is 18.2 Å². The van der Waals surface area contributed by atoms with E-state index >= 15 is 0 Å². The molecular formula is C14H18O3S. The summed E-state index contributed by atoms with van der Waals surface area (Å²) in [6, 6.07) is 5.87. The molecule has 0 fully saturated rings. The highest BCUT2D eigenvalue weighted by Gasteiger charge is 2.15. The van der Waals surface area contributed by atoms with Gasteiger partial charge in [0.1, 0.15) is 0 Å². The van der Waals surface area contributed by atoms with Gasteiger partial charge in [0.2, 0.25) is 0 Å². The fraction of sp³-hybridized carbons (Fsp3) is 0.500. The summed E-state index contributed by atoms with van der Waals surface area (Å²) in [6.45, 7) is 0.435. The van der Waals surface area contributed by atoms with E-state index in [0.29, 0.717) is 17.9 Å². The van der Waals surface area contributed by atoms with E-state index < -0.39 is 10.8 Å². The Labute approximate surface area is 110 Å². The van der Waals surface area contributed by atoms with Crippen molar-refractivity contribution in [3.8, 4) is 0 Å². The van der Waals surface area contributed by atoms with E-state index in [0.717, 1.165) is 12.8 Å². The predicted octanol–water partition coefficient (Wildman–Crippen LogP) is 1.75. The second-order valence-corrected chi connectivity index (χ2v) is 6.12. The molecule has 3 nitrogen and oxygen atoms in total. The SMILES string of the molecule is COCCS(=O)CC(=O)c1ccc2c(c1)CCC2. The molecule has 1 unspecified atom stereocenters. The maximum absolute atomic E-state index is 12.0.